The average Bonchev–Trinajstić information content (AvgIpc) is 1.31. The summed E-state index contributed by atoms with van der Waals surface area (Å²) in [6.45, 7) is 20.9. The zero-order chi connectivity index (χ0) is 65.4. The van der Waals surface area contributed by atoms with Crippen LogP contribution < -0.4 is 35.4 Å². The van der Waals surface area contributed by atoms with Crippen molar-refractivity contribution < 1.29 is 127 Å². The van der Waals surface area contributed by atoms with Crippen molar-refractivity contribution in [3.63, 3.8) is 0 Å². The third-order valence-corrected chi connectivity index (χ3v) is 24.2. The van der Waals surface area contributed by atoms with E-state index in [2.05, 4.69) is 57.9 Å². The molecule has 8 fully saturated rings. The molecule has 0 saturated heterocycles. The summed E-state index contributed by atoms with van der Waals surface area (Å²) >= 11 is 5.56. The number of carbonyl (C=O) groups is 10. The fraction of sp³-hybridized carbons (Fsp3) is 0.839. The largest absolute Gasteiger partial charge is 1.00 e. The average molecular weight is 1310 g/mol. The van der Waals surface area contributed by atoms with E-state index in [0.717, 1.165) is 58.2 Å². The molecule has 494 valence electrons. The van der Waals surface area contributed by atoms with E-state index < -0.39 is 67.1 Å². The number of rotatable bonds is 20. The molecule has 0 heterocycles. The predicted molar refractivity (Wildman–Crippen MR) is 315 cm³/mol. The maximum absolute atomic E-state index is 13.8. The first kappa shape index (κ1) is 77.5. The van der Waals surface area contributed by atoms with Gasteiger partial charge in [-0.05, 0) is 154 Å². The number of hydrogen-bond acceptors (Lipinski definition) is 21. The Labute approximate surface area is 547 Å². The van der Waals surface area contributed by atoms with Gasteiger partial charge in [-0.15, -0.1) is 0 Å². The van der Waals surface area contributed by atoms with Crippen molar-refractivity contribution in [3.8, 4) is 0 Å². The molecule has 0 aromatic heterocycles. The van der Waals surface area contributed by atoms with Gasteiger partial charge in [0.25, 0.3) is 0 Å². The maximum Gasteiger partial charge on any atom is 1.00 e. The zero-order valence-corrected chi connectivity index (χ0v) is 57.8. The Kier molecular flexibility index (Phi) is 28.0. The van der Waals surface area contributed by atoms with Crippen LogP contribution in [0.4, 0.5) is 0 Å². The van der Waals surface area contributed by atoms with Crippen LogP contribution in [-0.4, -0.2) is 151 Å². The van der Waals surface area contributed by atoms with Crippen LogP contribution in [0.25, 0.3) is 0 Å². The maximum atomic E-state index is 13.8. The van der Waals surface area contributed by atoms with Gasteiger partial charge < -0.3 is 28.4 Å². The van der Waals surface area contributed by atoms with Gasteiger partial charge in [-0.2, -0.15) is 5.84 Å². The van der Waals surface area contributed by atoms with Crippen molar-refractivity contribution >= 4 is 89.7 Å². The van der Waals surface area contributed by atoms with Gasteiger partial charge in [0.15, 0.2) is 0 Å². The molecule has 0 amide bonds. The number of aliphatic hydroxyl groups is 1. The van der Waals surface area contributed by atoms with Crippen molar-refractivity contribution in [2.24, 2.45) is 98.5 Å². The fourth-order valence-electron chi connectivity index (χ4n) is 17.5. The van der Waals surface area contributed by atoms with Gasteiger partial charge >= 0.3 is 47.5 Å². The number of nitrogens with zero attached hydrogens (tertiary/aromatic N) is 1. The Morgan fingerprint density at radius 2 is 0.955 bits per heavy atom. The summed E-state index contributed by atoms with van der Waals surface area (Å²) in [5.41, 5.74) is -1.32. The van der Waals surface area contributed by atoms with Gasteiger partial charge in [0.05, 0.1) is 26.2 Å². The van der Waals surface area contributed by atoms with Crippen molar-refractivity contribution in [1.82, 2.24) is 0 Å². The summed E-state index contributed by atoms with van der Waals surface area (Å²) < 4.78 is 75.8. The molecule has 0 spiro atoms. The summed E-state index contributed by atoms with van der Waals surface area (Å²) in [6, 6.07) is 0. The van der Waals surface area contributed by atoms with E-state index >= 15 is 0 Å². The standard InChI is InChI=1S/C28H40O10S.C24H33ClO4.C6H17N2.C4H8O6S.Na/c1-16(4-7-24(32)37-10-11-38-25(33)15-39(34,35)36)19-5-6-20-26-21(14-23(31)28(19,20)3)27(2)9-8-18(29)12-17(27)13-22(26)30;1-13(4-7-21(25)29)16-5-6-17-22-18(12-20(28)24(16,17)3)23(2)9-8-15(26)10-14(23)11-19(22)27;1-4-8(7,5-2)6-3;5-1-2-10-4(6)3-11(7,8)9;/h16-17,19-21,26H,4-15H2,1-3H3,(H,34,35,36);13-14,16-18,22H,4-12H2,1-3H3;4-7H2,1-3H3;5H,1-3H2,(H,7,8,9);/q;;+1;;+1/p-2/t16-,17?,19-,20?,21?,26?,27+,28-;13-,14?,16-,17?,18?,22?,23+,24-;;;/m11.../s1. The normalized spacial score (nSPS) is 33.8. The second kappa shape index (κ2) is 31.8. The molecule has 0 aliphatic heterocycles. The first-order chi connectivity index (χ1) is 40.4. The minimum atomic E-state index is -4.73. The number of ketones is 6. The molecule has 8 saturated carbocycles. The second-order valence-corrected chi connectivity index (χ2v) is 30.5. The predicted octanol–water partition coefficient (Wildman–Crippen LogP) is 3.18. The number of nitrogens with two attached hydrogens (primary N) is 1. The van der Waals surface area contributed by atoms with E-state index in [1.165, 1.54) is 0 Å². The molecular formula is C62H96ClN2NaO20S2. The molecule has 8 unspecified atom stereocenters. The van der Waals surface area contributed by atoms with Crippen LogP contribution in [-0.2, 0) is 82.4 Å². The third-order valence-electron chi connectivity index (χ3n) is 22.9. The van der Waals surface area contributed by atoms with Crippen LogP contribution in [0.2, 0.25) is 0 Å². The molecule has 8 aliphatic carbocycles. The van der Waals surface area contributed by atoms with Gasteiger partial charge in [0.1, 0.15) is 86.3 Å². The van der Waals surface area contributed by atoms with Crippen LogP contribution in [0.1, 0.15) is 178 Å². The number of carbonyl (C=O) groups excluding carboxylic acids is 10. The fourth-order valence-corrected chi connectivity index (χ4v) is 18.3. The van der Waals surface area contributed by atoms with Crippen molar-refractivity contribution in [3.05, 3.63) is 0 Å². The topological polar surface area (TPSA) is 359 Å². The molecule has 0 radical (unpaired) electrons. The first-order valence-electron chi connectivity index (χ1n) is 31.3. The number of hydrogen-bond donors (Lipinski definition) is 2. The molecule has 0 aromatic rings. The summed E-state index contributed by atoms with van der Waals surface area (Å²) in [4.78, 5) is 123. The third kappa shape index (κ3) is 18.3. The Hall–Kier alpha value is -2.91. The number of aliphatic hydroxyl groups excluding tert-OH is 1. The molecule has 26 heteroatoms. The van der Waals surface area contributed by atoms with Crippen molar-refractivity contribution in [1.29, 1.82) is 0 Å². The van der Waals surface area contributed by atoms with Gasteiger partial charge in [-0.3, -0.25) is 47.9 Å². The molecule has 16 atom stereocenters. The molecule has 3 N–H and O–H groups in total. The first-order valence-corrected chi connectivity index (χ1v) is 34.9. The molecule has 8 rings (SSSR count). The van der Waals surface area contributed by atoms with Gasteiger partial charge in [0, 0.05) is 86.9 Å². The van der Waals surface area contributed by atoms with E-state index in [1.807, 2.05) is 13.8 Å². The SMILES string of the molecule is CC[N+](N)(CC)CC.C[C@H](CCC(=O)Cl)[C@H]1CCC2C3C(=O)CC4CC(=O)CC[C@]4(C)C3CC(=O)[C@@]21C.C[C@H](CCC(=O)OCCOC(=O)CS(=O)(=O)[O-])[C@H]1CCC2C3C(=O)CC4CC(=O)CC[C@]4(C)C3CC(=O)[C@@]21C.O=C(CS(=O)(=O)[O-])OCCO.[Na+]. The number of esters is 3. The molecular weight excluding hydrogens is 1220 g/mol. The molecule has 22 nitrogen and oxygen atoms in total. The number of Topliss-reactive ketones (excluding diaryl/α,β-unsaturated/α-hetero) is 6. The van der Waals surface area contributed by atoms with E-state index in [1.54, 1.807) is 0 Å². The minimum Gasteiger partial charge on any atom is -0.748 e. The number of halogens is 1. The summed E-state index contributed by atoms with van der Waals surface area (Å²) in [6.07, 6.45) is 10.6. The van der Waals surface area contributed by atoms with E-state index in [-0.39, 0.29) is 166 Å². The molecule has 0 aromatic carbocycles. The Bertz CT molecular complexity index is 2810. The van der Waals surface area contributed by atoms with E-state index in [4.69, 9.17) is 27.3 Å². The zero-order valence-electron chi connectivity index (χ0n) is 53.4. The summed E-state index contributed by atoms with van der Waals surface area (Å²) in [5.74, 6) is 2.72. The van der Waals surface area contributed by atoms with Gasteiger partial charge in [-0.25, -0.2) is 21.4 Å². The van der Waals surface area contributed by atoms with Crippen LogP contribution in [0.15, 0.2) is 0 Å². The molecule has 88 heavy (non-hydrogen) atoms. The number of quaternary nitrogens is 1. The van der Waals surface area contributed by atoms with Crippen LogP contribution in [0.3, 0.4) is 0 Å². The smallest absolute Gasteiger partial charge is 0.748 e. The van der Waals surface area contributed by atoms with E-state index in [9.17, 15) is 73.9 Å². The van der Waals surface area contributed by atoms with E-state index in [0.29, 0.717) is 86.8 Å². The quantitative estimate of drug-likeness (QED) is 0.0203. The monoisotopic (exact) mass is 1310 g/mol. The Balaban J connectivity index is 0.000000294. The summed E-state index contributed by atoms with van der Waals surface area (Å²) in [5, 5.41) is 7.79. The van der Waals surface area contributed by atoms with Gasteiger partial charge in [0.2, 0.25) is 5.24 Å². The number of ether oxygens (including phenoxy) is 3. The van der Waals surface area contributed by atoms with Crippen LogP contribution in [0.5, 0.6) is 0 Å². The summed E-state index contributed by atoms with van der Waals surface area (Å²) in [7, 11) is -9.29. The molecule has 0 bridgehead atoms. The van der Waals surface area contributed by atoms with Gasteiger partial charge in [-0.1, -0.05) is 41.5 Å². The van der Waals surface area contributed by atoms with Crippen LogP contribution >= 0.6 is 11.6 Å². The second-order valence-electron chi connectivity index (χ2n) is 27.2. The van der Waals surface area contributed by atoms with Crippen molar-refractivity contribution in [2.45, 2.75) is 178 Å². The molecule has 8 aliphatic rings. The van der Waals surface area contributed by atoms with Crippen LogP contribution in [0, 0.1) is 92.7 Å². The number of fused-ring (bicyclic) bond motifs is 10. The minimum absolute atomic E-state index is 0. The Morgan fingerprint density at radius 1 is 0.591 bits per heavy atom. The Morgan fingerprint density at radius 3 is 1.30 bits per heavy atom. The van der Waals surface area contributed by atoms with Crippen molar-refractivity contribution in [2.75, 3.05) is 57.6 Å².